The first kappa shape index (κ1) is 14.0. The van der Waals surface area contributed by atoms with Crippen LogP contribution in [0.15, 0.2) is 54.6 Å². The van der Waals surface area contributed by atoms with Gasteiger partial charge in [-0.2, -0.15) is 0 Å². The molecule has 2 aliphatic heterocycles. The summed E-state index contributed by atoms with van der Waals surface area (Å²) in [5.41, 5.74) is 2.72. The van der Waals surface area contributed by atoms with E-state index in [-0.39, 0.29) is 5.82 Å². The molecular formula is C20H22FN. The van der Waals surface area contributed by atoms with Crippen molar-refractivity contribution in [3.63, 3.8) is 0 Å². The number of halogens is 1. The molecule has 0 aliphatic carbocycles. The van der Waals surface area contributed by atoms with Crippen LogP contribution in [0.3, 0.4) is 0 Å². The maximum atomic E-state index is 13.3. The Kier molecular flexibility index (Phi) is 3.50. The molecule has 0 saturated carbocycles. The Labute approximate surface area is 131 Å². The molecule has 2 aliphatic rings. The van der Waals surface area contributed by atoms with Gasteiger partial charge in [0.15, 0.2) is 0 Å². The van der Waals surface area contributed by atoms with Crippen molar-refractivity contribution in [3.05, 3.63) is 71.5 Å². The van der Waals surface area contributed by atoms with Crippen LogP contribution in [0.25, 0.3) is 0 Å². The summed E-state index contributed by atoms with van der Waals surface area (Å²) in [6.45, 7) is 0. The van der Waals surface area contributed by atoms with E-state index in [0.29, 0.717) is 23.9 Å². The minimum Gasteiger partial charge on any atom is -0.300 e. The first-order valence-corrected chi connectivity index (χ1v) is 8.26. The van der Waals surface area contributed by atoms with Gasteiger partial charge in [0.2, 0.25) is 0 Å². The highest BCUT2D eigenvalue weighted by Crippen LogP contribution is 2.50. The molecule has 2 aromatic rings. The normalized spacial score (nSPS) is 31.4. The molecule has 0 amide bonds. The Hall–Kier alpha value is -1.67. The maximum Gasteiger partial charge on any atom is 0.123 e. The number of hydrogen-bond acceptors (Lipinski definition) is 1. The zero-order valence-electron chi connectivity index (χ0n) is 13.0. The highest BCUT2D eigenvalue weighted by molar-refractivity contribution is 5.33. The van der Waals surface area contributed by atoms with Crippen LogP contribution in [-0.2, 0) is 0 Å². The topological polar surface area (TPSA) is 3.24 Å². The largest absolute Gasteiger partial charge is 0.300 e. The van der Waals surface area contributed by atoms with Crippen LogP contribution in [0, 0.1) is 5.82 Å². The van der Waals surface area contributed by atoms with Crippen molar-refractivity contribution in [1.82, 2.24) is 4.90 Å². The van der Waals surface area contributed by atoms with E-state index in [1.165, 1.54) is 30.4 Å². The van der Waals surface area contributed by atoms with E-state index in [9.17, 15) is 4.39 Å². The molecule has 2 heterocycles. The van der Waals surface area contributed by atoms with Gasteiger partial charge in [0.1, 0.15) is 5.82 Å². The van der Waals surface area contributed by atoms with E-state index >= 15 is 0 Å². The highest BCUT2D eigenvalue weighted by atomic mass is 19.1. The van der Waals surface area contributed by atoms with Crippen LogP contribution in [0.4, 0.5) is 4.39 Å². The number of benzene rings is 2. The first-order chi connectivity index (χ1) is 10.7. The molecule has 0 aromatic heterocycles. The molecule has 2 saturated heterocycles. The zero-order chi connectivity index (χ0) is 15.1. The second-order valence-corrected chi connectivity index (χ2v) is 6.79. The van der Waals surface area contributed by atoms with E-state index in [0.717, 1.165) is 0 Å². The molecular weight excluding hydrogens is 273 g/mol. The van der Waals surface area contributed by atoms with Crippen LogP contribution in [0.5, 0.6) is 0 Å². The van der Waals surface area contributed by atoms with Gasteiger partial charge in [-0.25, -0.2) is 4.39 Å². The Morgan fingerprint density at radius 2 is 1.64 bits per heavy atom. The van der Waals surface area contributed by atoms with Gasteiger partial charge in [0.25, 0.3) is 0 Å². The first-order valence-electron chi connectivity index (χ1n) is 8.26. The summed E-state index contributed by atoms with van der Waals surface area (Å²) in [7, 11) is 2.28. The molecule has 2 bridgehead atoms. The van der Waals surface area contributed by atoms with Gasteiger partial charge in [-0.3, -0.25) is 4.90 Å². The molecule has 22 heavy (non-hydrogen) atoms. The van der Waals surface area contributed by atoms with Crippen LogP contribution in [0.1, 0.15) is 42.2 Å². The molecule has 0 radical (unpaired) electrons. The summed E-state index contributed by atoms with van der Waals surface area (Å²) < 4.78 is 13.3. The summed E-state index contributed by atoms with van der Waals surface area (Å²) in [5.74, 6) is 0.864. The van der Waals surface area contributed by atoms with E-state index < -0.39 is 0 Å². The molecule has 0 unspecified atom stereocenters. The Balaban J connectivity index is 1.76. The lowest BCUT2D eigenvalue weighted by Gasteiger charge is -2.43. The fourth-order valence-corrected chi connectivity index (χ4v) is 4.65. The third-order valence-corrected chi connectivity index (χ3v) is 5.75. The predicted octanol–water partition coefficient (Wildman–Crippen LogP) is 4.56. The van der Waals surface area contributed by atoms with Gasteiger partial charge in [-0.15, -0.1) is 0 Å². The highest BCUT2D eigenvalue weighted by Gasteiger charge is 2.46. The SMILES string of the molecule is CN1[C@H]2CC[C@@H]1[C@@H](c1ccccc1)[C@H](c1ccc(F)cc1)C2. The number of likely N-dealkylation sites (N-methyl/N-ethyl adjacent to an activating group) is 1. The van der Waals surface area contributed by atoms with E-state index in [1.54, 1.807) is 12.1 Å². The summed E-state index contributed by atoms with van der Waals surface area (Å²) in [6.07, 6.45) is 3.75. The van der Waals surface area contributed by atoms with E-state index in [1.807, 2.05) is 12.1 Å². The van der Waals surface area contributed by atoms with Gasteiger partial charge in [-0.05, 0) is 55.5 Å². The summed E-state index contributed by atoms with van der Waals surface area (Å²) >= 11 is 0. The van der Waals surface area contributed by atoms with Gasteiger partial charge in [0.05, 0.1) is 0 Å². The molecule has 4 atom stereocenters. The van der Waals surface area contributed by atoms with Gasteiger partial charge in [-0.1, -0.05) is 42.5 Å². The smallest absolute Gasteiger partial charge is 0.123 e. The molecule has 2 aromatic carbocycles. The zero-order valence-corrected chi connectivity index (χ0v) is 13.0. The lowest BCUT2D eigenvalue weighted by Crippen LogP contribution is -2.44. The van der Waals surface area contributed by atoms with Gasteiger partial charge in [0, 0.05) is 18.0 Å². The molecule has 2 fully saturated rings. The molecule has 114 valence electrons. The Morgan fingerprint density at radius 1 is 0.909 bits per heavy atom. The Bertz CT molecular complexity index is 637. The van der Waals surface area contributed by atoms with Crippen molar-refractivity contribution in [3.8, 4) is 0 Å². The van der Waals surface area contributed by atoms with Crippen LogP contribution >= 0.6 is 0 Å². The van der Waals surface area contributed by atoms with Crippen molar-refractivity contribution in [2.45, 2.75) is 43.2 Å². The minimum atomic E-state index is -0.143. The second kappa shape index (κ2) is 5.51. The third kappa shape index (κ3) is 2.26. The second-order valence-electron chi connectivity index (χ2n) is 6.79. The van der Waals surface area contributed by atoms with Crippen molar-refractivity contribution in [2.24, 2.45) is 0 Å². The van der Waals surface area contributed by atoms with Crippen molar-refractivity contribution in [1.29, 1.82) is 0 Å². The van der Waals surface area contributed by atoms with Crippen molar-refractivity contribution >= 4 is 0 Å². The fourth-order valence-electron chi connectivity index (χ4n) is 4.65. The molecule has 2 heteroatoms. The number of hydrogen-bond donors (Lipinski definition) is 0. The molecule has 4 rings (SSSR count). The average molecular weight is 295 g/mol. The van der Waals surface area contributed by atoms with Crippen LogP contribution < -0.4 is 0 Å². The lowest BCUT2D eigenvalue weighted by atomic mass is 9.73. The van der Waals surface area contributed by atoms with Gasteiger partial charge >= 0.3 is 0 Å². The van der Waals surface area contributed by atoms with Gasteiger partial charge < -0.3 is 0 Å². The molecule has 0 spiro atoms. The predicted molar refractivity (Wildman–Crippen MR) is 87.5 cm³/mol. The molecule has 0 N–H and O–H groups in total. The number of piperidine rings is 1. The number of fused-ring (bicyclic) bond motifs is 2. The summed E-state index contributed by atoms with van der Waals surface area (Å²) in [6, 6.07) is 19.4. The fraction of sp³-hybridized carbons (Fsp3) is 0.400. The van der Waals surface area contributed by atoms with E-state index in [4.69, 9.17) is 0 Å². The van der Waals surface area contributed by atoms with Crippen molar-refractivity contribution < 1.29 is 4.39 Å². The minimum absolute atomic E-state index is 0.143. The number of nitrogens with zero attached hydrogens (tertiary/aromatic N) is 1. The summed E-state index contributed by atoms with van der Waals surface area (Å²) in [4.78, 5) is 2.58. The quantitative estimate of drug-likeness (QED) is 0.785. The standard InChI is InChI=1S/C20H22FN/c1-22-17-11-12-19(22)20(15-5-3-2-4-6-15)18(13-17)14-7-9-16(21)10-8-14/h2-10,17-20H,11-13H2,1H3/t17-,18-,19+,20-/m0/s1. The maximum absolute atomic E-state index is 13.3. The van der Waals surface area contributed by atoms with Crippen LogP contribution in [-0.4, -0.2) is 24.0 Å². The monoisotopic (exact) mass is 295 g/mol. The lowest BCUT2D eigenvalue weighted by molar-refractivity contribution is 0.137. The Morgan fingerprint density at radius 3 is 2.36 bits per heavy atom. The number of rotatable bonds is 2. The summed E-state index contributed by atoms with van der Waals surface area (Å²) in [5, 5.41) is 0. The average Bonchev–Trinajstić information content (AvgIpc) is 2.79. The van der Waals surface area contributed by atoms with Crippen molar-refractivity contribution in [2.75, 3.05) is 7.05 Å². The van der Waals surface area contributed by atoms with E-state index in [2.05, 4.69) is 42.3 Å². The molecule has 1 nitrogen and oxygen atoms in total. The third-order valence-electron chi connectivity index (χ3n) is 5.75. The van der Waals surface area contributed by atoms with Crippen LogP contribution in [0.2, 0.25) is 0 Å².